The van der Waals surface area contributed by atoms with E-state index in [0.29, 0.717) is 24.6 Å². The number of ketones is 1. The van der Waals surface area contributed by atoms with Crippen molar-refractivity contribution in [2.45, 2.75) is 13.0 Å². The molecule has 142 valence electrons. The van der Waals surface area contributed by atoms with Gasteiger partial charge in [0.1, 0.15) is 29.1 Å². The summed E-state index contributed by atoms with van der Waals surface area (Å²) in [5.41, 5.74) is 0.218. The molecule has 1 amide bonds. The number of benzene rings is 1. The number of aryl methyl sites for hydroxylation is 1. The van der Waals surface area contributed by atoms with E-state index in [1.165, 1.54) is 29.2 Å². The highest BCUT2D eigenvalue weighted by molar-refractivity contribution is 6.46. The summed E-state index contributed by atoms with van der Waals surface area (Å²) in [6.07, 6.45) is 0. The standard InChI is InChI=1S/C20H21FN2O4/c1-12-4-9-15(27-12)17-16(18(24)13-5-7-14(21)8-6-13)19(25)20(26)23(17)11-10-22(2)3/h4-9,17,24H,10-11H2,1-3H3/p+1/t17-/m0/s1. The number of likely N-dealkylation sites (N-methyl/N-ethyl adjacent to an activating group) is 1. The van der Waals surface area contributed by atoms with Crippen molar-refractivity contribution < 1.29 is 28.4 Å². The maximum Gasteiger partial charge on any atom is 0.295 e. The van der Waals surface area contributed by atoms with Crippen LogP contribution in [-0.4, -0.2) is 48.9 Å². The summed E-state index contributed by atoms with van der Waals surface area (Å²) in [4.78, 5) is 27.9. The fourth-order valence-corrected chi connectivity index (χ4v) is 3.11. The molecule has 1 aliphatic heterocycles. The van der Waals surface area contributed by atoms with Crippen LogP contribution in [0.5, 0.6) is 0 Å². The van der Waals surface area contributed by atoms with Crippen molar-refractivity contribution in [1.82, 2.24) is 4.90 Å². The second-order valence-corrected chi connectivity index (χ2v) is 6.90. The van der Waals surface area contributed by atoms with E-state index in [4.69, 9.17) is 4.42 Å². The highest BCUT2D eigenvalue weighted by Crippen LogP contribution is 2.39. The molecule has 6 nitrogen and oxygen atoms in total. The number of aliphatic hydroxyl groups excluding tert-OH is 1. The Morgan fingerprint density at radius 3 is 2.41 bits per heavy atom. The second kappa shape index (κ2) is 7.36. The van der Waals surface area contributed by atoms with E-state index in [1.807, 2.05) is 14.1 Å². The summed E-state index contributed by atoms with van der Waals surface area (Å²) in [5, 5.41) is 10.7. The van der Waals surface area contributed by atoms with Gasteiger partial charge in [0.25, 0.3) is 11.7 Å². The third-order valence-electron chi connectivity index (χ3n) is 4.54. The topological polar surface area (TPSA) is 75.2 Å². The lowest BCUT2D eigenvalue weighted by Crippen LogP contribution is -3.06. The van der Waals surface area contributed by atoms with Crippen molar-refractivity contribution in [2.75, 3.05) is 27.2 Å². The summed E-state index contributed by atoms with van der Waals surface area (Å²) < 4.78 is 18.9. The zero-order valence-corrected chi connectivity index (χ0v) is 15.5. The lowest BCUT2D eigenvalue weighted by atomic mass is 9.99. The van der Waals surface area contributed by atoms with Gasteiger partial charge in [0.15, 0.2) is 0 Å². The fourth-order valence-electron chi connectivity index (χ4n) is 3.11. The number of nitrogens with one attached hydrogen (secondary N) is 1. The number of hydrogen-bond donors (Lipinski definition) is 2. The van der Waals surface area contributed by atoms with Gasteiger partial charge in [-0.25, -0.2) is 4.39 Å². The number of likely N-dealkylation sites (tertiary alicyclic amines) is 1. The van der Waals surface area contributed by atoms with Gasteiger partial charge in [-0.05, 0) is 43.3 Å². The minimum Gasteiger partial charge on any atom is -0.507 e. The van der Waals surface area contributed by atoms with Crippen molar-refractivity contribution in [3.05, 3.63) is 64.9 Å². The molecular weight excluding hydrogens is 351 g/mol. The first-order valence-corrected chi connectivity index (χ1v) is 8.69. The smallest absolute Gasteiger partial charge is 0.295 e. The monoisotopic (exact) mass is 373 g/mol. The first-order chi connectivity index (χ1) is 12.8. The first-order valence-electron chi connectivity index (χ1n) is 8.69. The Bertz CT molecular complexity index is 899. The van der Waals surface area contributed by atoms with Crippen LogP contribution in [-0.2, 0) is 9.59 Å². The first kappa shape index (κ1) is 18.8. The summed E-state index contributed by atoms with van der Waals surface area (Å²) in [5.74, 6) is -1.21. The van der Waals surface area contributed by atoms with Gasteiger partial charge in [-0.2, -0.15) is 0 Å². The lowest BCUT2D eigenvalue weighted by molar-refractivity contribution is -0.857. The van der Waals surface area contributed by atoms with Crippen molar-refractivity contribution >= 4 is 17.4 Å². The largest absolute Gasteiger partial charge is 0.507 e. The SMILES string of the molecule is Cc1ccc([C@H]2C(=C(O)c3ccc(F)cc3)C(=O)C(=O)N2CC[NH+](C)C)o1. The van der Waals surface area contributed by atoms with Crippen molar-refractivity contribution in [3.8, 4) is 0 Å². The van der Waals surface area contributed by atoms with E-state index < -0.39 is 23.5 Å². The van der Waals surface area contributed by atoms with Crippen molar-refractivity contribution in [1.29, 1.82) is 0 Å². The van der Waals surface area contributed by atoms with Crippen LogP contribution in [0.25, 0.3) is 5.76 Å². The van der Waals surface area contributed by atoms with E-state index in [0.717, 1.165) is 4.90 Å². The van der Waals surface area contributed by atoms with Crippen LogP contribution in [0.1, 0.15) is 23.1 Å². The number of carbonyl (C=O) groups is 2. The van der Waals surface area contributed by atoms with Crippen LogP contribution < -0.4 is 4.90 Å². The Kier molecular flexibility index (Phi) is 5.14. The van der Waals surface area contributed by atoms with E-state index in [1.54, 1.807) is 19.1 Å². The van der Waals surface area contributed by atoms with Gasteiger partial charge < -0.3 is 19.3 Å². The number of aliphatic hydroxyl groups is 1. The molecule has 0 aliphatic carbocycles. The molecule has 1 atom stereocenters. The Hall–Kier alpha value is -2.93. The molecule has 27 heavy (non-hydrogen) atoms. The minimum absolute atomic E-state index is 0.0466. The maximum atomic E-state index is 13.2. The summed E-state index contributed by atoms with van der Waals surface area (Å²) >= 11 is 0. The van der Waals surface area contributed by atoms with Gasteiger partial charge in [0.05, 0.1) is 32.8 Å². The lowest BCUT2D eigenvalue weighted by Gasteiger charge is -2.23. The third-order valence-corrected chi connectivity index (χ3v) is 4.54. The molecule has 3 rings (SSSR count). The number of nitrogens with zero attached hydrogens (tertiary/aromatic N) is 1. The fraction of sp³-hybridized carbons (Fsp3) is 0.300. The van der Waals surface area contributed by atoms with Gasteiger partial charge in [0.2, 0.25) is 0 Å². The van der Waals surface area contributed by atoms with Crippen molar-refractivity contribution in [3.63, 3.8) is 0 Å². The molecule has 1 saturated heterocycles. The number of carbonyl (C=O) groups excluding carboxylic acids is 2. The average molecular weight is 373 g/mol. The molecule has 0 bridgehead atoms. The van der Waals surface area contributed by atoms with Crippen molar-refractivity contribution in [2.24, 2.45) is 0 Å². The number of halogens is 1. The predicted molar refractivity (Wildman–Crippen MR) is 96.5 cm³/mol. The molecule has 0 saturated carbocycles. The molecule has 2 N–H and O–H groups in total. The van der Waals surface area contributed by atoms with Gasteiger partial charge in [0, 0.05) is 5.56 Å². The highest BCUT2D eigenvalue weighted by atomic mass is 19.1. The molecule has 2 aromatic rings. The van der Waals surface area contributed by atoms with Crippen LogP contribution in [0.15, 0.2) is 46.4 Å². The minimum atomic E-state index is -0.817. The van der Waals surface area contributed by atoms with Gasteiger partial charge in [-0.1, -0.05) is 0 Å². The molecule has 7 heteroatoms. The number of rotatable bonds is 5. The quantitative estimate of drug-likeness (QED) is 0.471. The number of amides is 1. The van der Waals surface area contributed by atoms with Crippen LogP contribution in [0, 0.1) is 12.7 Å². The molecule has 1 aliphatic rings. The van der Waals surface area contributed by atoms with Crippen LogP contribution in [0.3, 0.4) is 0 Å². The van der Waals surface area contributed by atoms with E-state index in [-0.39, 0.29) is 16.9 Å². The Morgan fingerprint density at radius 1 is 1.19 bits per heavy atom. The van der Waals surface area contributed by atoms with E-state index in [9.17, 15) is 19.1 Å². The Morgan fingerprint density at radius 2 is 1.85 bits per heavy atom. The normalized spacial score (nSPS) is 19.3. The summed E-state index contributed by atoms with van der Waals surface area (Å²) in [6, 6.07) is 7.73. The molecule has 1 fully saturated rings. The van der Waals surface area contributed by atoms with Crippen LogP contribution in [0.4, 0.5) is 4.39 Å². The maximum absolute atomic E-state index is 13.2. The van der Waals surface area contributed by atoms with E-state index >= 15 is 0 Å². The second-order valence-electron chi connectivity index (χ2n) is 6.90. The number of hydrogen-bond acceptors (Lipinski definition) is 4. The predicted octanol–water partition coefficient (Wildman–Crippen LogP) is 1.29. The number of furan rings is 1. The average Bonchev–Trinajstić information content (AvgIpc) is 3.15. The van der Waals surface area contributed by atoms with Crippen LogP contribution >= 0.6 is 0 Å². The molecular formula is C20H22FN2O4+. The molecule has 1 aromatic carbocycles. The molecule has 1 aromatic heterocycles. The zero-order valence-electron chi connectivity index (χ0n) is 15.5. The molecule has 0 radical (unpaired) electrons. The van der Waals surface area contributed by atoms with E-state index in [2.05, 4.69) is 0 Å². The van der Waals surface area contributed by atoms with Gasteiger partial charge in [-0.15, -0.1) is 0 Å². The van der Waals surface area contributed by atoms with Gasteiger partial charge >= 0.3 is 0 Å². The summed E-state index contributed by atoms with van der Waals surface area (Å²) in [7, 11) is 3.89. The van der Waals surface area contributed by atoms with Gasteiger partial charge in [-0.3, -0.25) is 9.59 Å². The highest BCUT2D eigenvalue weighted by Gasteiger charge is 2.47. The summed E-state index contributed by atoms with van der Waals surface area (Å²) in [6.45, 7) is 2.72. The third kappa shape index (κ3) is 3.64. The zero-order chi connectivity index (χ0) is 19.7. The number of Topliss-reactive ketones (excluding diaryl/α,β-unsaturated/α-hetero) is 1. The van der Waals surface area contributed by atoms with Crippen LogP contribution in [0.2, 0.25) is 0 Å². The molecule has 0 unspecified atom stereocenters. The Labute approximate surface area is 156 Å². The number of quaternary nitrogens is 1. The molecule has 0 spiro atoms. The Balaban J connectivity index is 2.11. The molecule has 2 heterocycles.